The molecule has 0 saturated heterocycles. The number of hydrazine groups is 1. The van der Waals surface area contributed by atoms with Crippen LogP contribution >= 0.6 is 11.6 Å². The topological polar surface area (TPSA) is 61.4 Å². The van der Waals surface area contributed by atoms with Crippen molar-refractivity contribution in [3.05, 3.63) is 0 Å². The summed E-state index contributed by atoms with van der Waals surface area (Å²) in [6.07, 6.45) is 0.141. The van der Waals surface area contributed by atoms with Gasteiger partial charge < -0.3 is 0 Å². The highest BCUT2D eigenvalue weighted by atomic mass is 35.5. The number of nitrogens with one attached hydrogen (secondary N) is 2. The van der Waals surface area contributed by atoms with E-state index in [2.05, 4.69) is 10.7 Å². The molecule has 3 amide bonds. The Bertz CT molecular complexity index is 172. The molecule has 0 aromatic heterocycles. The number of carbonyl (C=O) groups excluding carboxylic acids is 2. The van der Waals surface area contributed by atoms with Crippen molar-refractivity contribution in [2.75, 3.05) is 20.0 Å². The Balaban J connectivity index is 3.62. The summed E-state index contributed by atoms with van der Waals surface area (Å²) in [6, 6.07) is -0.546. The quantitative estimate of drug-likeness (QED) is 0.487. The van der Waals surface area contributed by atoms with E-state index >= 15 is 0 Å². The van der Waals surface area contributed by atoms with Gasteiger partial charge in [-0.25, -0.2) is 9.80 Å². The second-order valence-electron chi connectivity index (χ2n) is 2.32. The fourth-order valence-corrected chi connectivity index (χ4v) is 0.678. The van der Waals surface area contributed by atoms with Crippen LogP contribution in [0.4, 0.5) is 4.79 Å². The van der Waals surface area contributed by atoms with E-state index in [1.807, 2.05) is 0 Å². The maximum atomic E-state index is 10.8. The van der Waals surface area contributed by atoms with Crippen molar-refractivity contribution in [2.45, 2.75) is 6.42 Å². The number of urea groups is 1. The molecule has 0 aliphatic rings. The molecule has 0 rings (SSSR count). The predicted octanol–water partition coefficient (Wildman–Crippen LogP) is -0.0823. The molecule has 0 atom stereocenters. The van der Waals surface area contributed by atoms with E-state index in [9.17, 15) is 9.59 Å². The van der Waals surface area contributed by atoms with Crippen LogP contribution in [0.2, 0.25) is 0 Å². The van der Waals surface area contributed by atoms with Crippen molar-refractivity contribution in [1.29, 1.82) is 0 Å². The van der Waals surface area contributed by atoms with Crippen LogP contribution in [0.25, 0.3) is 0 Å². The average molecular weight is 194 g/mol. The van der Waals surface area contributed by atoms with Gasteiger partial charge >= 0.3 is 6.03 Å². The van der Waals surface area contributed by atoms with Crippen LogP contribution in [0.1, 0.15) is 6.42 Å². The molecule has 0 fully saturated rings. The van der Waals surface area contributed by atoms with E-state index in [-0.39, 0.29) is 18.2 Å². The van der Waals surface area contributed by atoms with Crippen LogP contribution < -0.4 is 10.7 Å². The zero-order valence-corrected chi connectivity index (χ0v) is 7.81. The summed E-state index contributed by atoms with van der Waals surface area (Å²) in [5.74, 6) is -0.175. The summed E-state index contributed by atoms with van der Waals surface area (Å²) < 4.78 is 0. The van der Waals surface area contributed by atoms with Crippen molar-refractivity contribution in [2.24, 2.45) is 0 Å². The summed E-state index contributed by atoms with van der Waals surface area (Å²) >= 11 is 5.28. The summed E-state index contributed by atoms with van der Waals surface area (Å²) in [5.41, 5.74) is 2.35. The van der Waals surface area contributed by atoms with Crippen molar-refractivity contribution >= 4 is 23.5 Å². The second-order valence-corrected chi connectivity index (χ2v) is 2.70. The van der Waals surface area contributed by atoms with Crippen LogP contribution in [0.3, 0.4) is 0 Å². The van der Waals surface area contributed by atoms with Crippen LogP contribution in [-0.2, 0) is 4.79 Å². The Morgan fingerprint density at radius 2 is 2.00 bits per heavy atom. The first-order valence-corrected chi connectivity index (χ1v) is 3.93. The first kappa shape index (κ1) is 11.2. The first-order chi connectivity index (χ1) is 5.56. The molecule has 0 aliphatic heterocycles. The lowest BCUT2D eigenvalue weighted by Crippen LogP contribution is -2.45. The fraction of sp³-hybridized carbons (Fsp3) is 0.667. The van der Waals surface area contributed by atoms with Gasteiger partial charge in [0.1, 0.15) is 0 Å². The minimum atomic E-state index is -0.546. The summed E-state index contributed by atoms with van der Waals surface area (Å²) in [5, 5.41) is 3.53. The number of amides is 3. The number of alkyl halides is 1. The molecule has 12 heavy (non-hydrogen) atoms. The molecule has 0 radical (unpaired) electrons. The maximum absolute atomic E-state index is 10.8. The minimum absolute atomic E-state index is 0.141. The third-order valence-electron chi connectivity index (χ3n) is 0.900. The minimum Gasteiger partial charge on any atom is -0.277 e. The van der Waals surface area contributed by atoms with Crippen molar-refractivity contribution in [1.82, 2.24) is 15.8 Å². The largest absolute Gasteiger partial charge is 0.335 e. The molecule has 0 spiro atoms. The number of rotatable bonds is 3. The fourth-order valence-electron chi connectivity index (χ4n) is 0.506. The smallest absolute Gasteiger partial charge is 0.277 e. The maximum Gasteiger partial charge on any atom is 0.335 e. The zero-order chi connectivity index (χ0) is 9.56. The van der Waals surface area contributed by atoms with E-state index in [1.165, 1.54) is 5.01 Å². The van der Waals surface area contributed by atoms with Gasteiger partial charge in [0, 0.05) is 26.4 Å². The van der Waals surface area contributed by atoms with Crippen LogP contribution in [0.15, 0.2) is 0 Å². The average Bonchev–Trinajstić information content (AvgIpc) is 1.84. The Labute approximate surface area is 76.0 Å². The molecule has 0 unspecified atom stereocenters. The van der Waals surface area contributed by atoms with E-state index in [0.29, 0.717) is 0 Å². The Morgan fingerprint density at radius 3 is 2.42 bits per heavy atom. The van der Waals surface area contributed by atoms with Gasteiger partial charge in [-0.3, -0.25) is 15.5 Å². The van der Waals surface area contributed by atoms with Crippen LogP contribution in [0, 0.1) is 0 Å². The van der Waals surface area contributed by atoms with Gasteiger partial charge in [-0.05, 0) is 0 Å². The van der Waals surface area contributed by atoms with Crippen molar-refractivity contribution in [3.63, 3.8) is 0 Å². The molecule has 5 nitrogen and oxygen atoms in total. The number of hydrogen-bond donors (Lipinski definition) is 2. The van der Waals surface area contributed by atoms with Crippen LogP contribution in [-0.4, -0.2) is 36.9 Å². The normalized spacial score (nSPS) is 9.67. The number of hydrogen-bond acceptors (Lipinski definition) is 3. The standard InChI is InChI=1S/C6H12ClN3O2/c1-10(2)9-6(12)8-5(11)3-4-7/h3-4H2,1-2H3,(H2,8,9,11,12). The van der Waals surface area contributed by atoms with E-state index in [4.69, 9.17) is 11.6 Å². The molecular weight excluding hydrogens is 182 g/mol. The van der Waals surface area contributed by atoms with Gasteiger partial charge in [-0.2, -0.15) is 0 Å². The second kappa shape index (κ2) is 5.79. The highest BCUT2D eigenvalue weighted by Crippen LogP contribution is 1.83. The number of nitrogens with zero attached hydrogens (tertiary/aromatic N) is 1. The molecule has 70 valence electrons. The van der Waals surface area contributed by atoms with E-state index < -0.39 is 6.03 Å². The lowest BCUT2D eigenvalue weighted by atomic mass is 10.4. The number of halogens is 1. The highest BCUT2D eigenvalue weighted by Gasteiger charge is 2.05. The lowest BCUT2D eigenvalue weighted by molar-refractivity contribution is -0.119. The summed E-state index contributed by atoms with van der Waals surface area (Å²) in [4.78, 5) is 21.6. The van der Waals surface area contributed by atoms with Gasteiger partial charge in [0.05, 0.1) is 0 Å². The van der Waals surface area contributed by atoms with Crippen molar-refractivity contribution < 1.29 is 9.59 Å². The van der Waals surface area contributed by atoms with Gasteiger partial charge in [-0.15, -0.1) is 11.6 Å². The molecule has 6 heteroatoms. The van der Waals surface area contributed by atoms with Gasteiger partial charge in [0.2, 0.25) is 5.91 Å². The first-order valence-electron chi connectivity index (χ1n) is 3.40. The molecule has 0 aromatic carbocycles. The third kappa shape index (κ3) is 5.94. The molecule has 0 aliphatic carbocycles. The SMILES string of the molecule is CN(C)NC(=O)NC(=O)CCCl. The Morgan fingerprint density at radius 1 is 1.42 bits per heavy atom. The van der Waals surface area contributed by atoms with Gasteiger partial charge in [-0.1, -0.05) is 0 Å². The molecule has 0 bridgehead atoms. The highest BCUT2D eigenvalue weighted by molar-refractivity contribution is 6.19. The van der Waals surface area contributed by atoms with Gasteiger partial charge in [0.15, 0.2) is 0 Å². The summed E-state index contributed by atoms with van der Waals surface area (Å²) in [7, 11) is 3.29. The van der Waals surface area contributed by atoms with E-state index in [1.54, 1.807) is 14.1 Å². The Hall–Kier alpha value is -0.810. The molecule has 0 heterocycles. The van der Waals surface area contributed by atoms with E-state index in [0.717, 1.165) is 0 Å². The number of imide groups is 1. The van der Waals surface area contributed by atoms with Gasteiger partial charge in [0.25, 0.3) is 0 Å². The molecule has 0 saturated carbocycles. The Kier molecular flexibility index (Phi) is 5.40. The van der Waals surface area contributed by atoms with Crippen LogP contribution in [0.5, 0.6) is 0 Å². The third-order valence-corrected chi connectivity index (χ3v) is 1.09. The predicted molar refractivity (Wildman–Crippen MR) is 45.7 cm³/mol. The monoisotopic (exact) mass is 193 g/mol. The lowest BCUT2D eigenvalue weighted by Gasteiger charge is -2.11. The van der Waals surface area contributed by atoms with Crippen molar-refractivity contribution in [3.8, 4) is 0 Å². The molecule has 0 aromatic rings. The molecule has 2 N–H and O–H groups in total. The zero-order valence-electron chi connectivity index (χ0n) is 7.06. The summed E-state index contributed by atoms with van der Waals surface area (Å²) in [6.45, 7) is 0. The molecular formula is C6H12ClN3O2. The number of carbonyl (C=O) groups is 2.